The fourth-order valence-corrected chi connectivity index (χ4v) is 6.01. The maximum Gasteiger partial charge on any atom is 0.255 e. The number of benzene rings is 2. The molecule has 0 spiro atoms. The summed E-state index contributed by atoms with van der Waals surface area (Å²) in [6.45, 7) is 4.12. The maximum absolute atomic E-state index is 14.1. The number of carbonyl (C=O) groups excluding carboxylic acids is 2. The molecule has 6 nitrogen and oxygen atoms in total. The summed E-state index contributed by atoms with van der Waals surface area (Å²) in [6, 6.07) is 14.2. The lowest BCUT2D eigenvalue weighted by Gasteiger charge is -2.38. The lowest BCUT2D eigenvalue weighted by molar-refractivity contribution is 0.0687. The Bertz CT molecular complexity index is 1330. The van der Waals surface area contributed by atoms with Gasteiger partial charge in [0, 0.05) is 56.4 Å². The number of hydrogen-bond donors (Lipinski definition) is 0. The molecule has 2 heterocycles. The average molecular weight is 535 g/mol. The van der Waals surface area contributed by atoms with Gasteiger partial charge >= 0.3 is 0 Å². The number of carbonyl (C=O) groups is 2. The summed E-state index contributed by atoms with van der Waals surface area (Å²) >= 11 is 6.14. The Morgan fingerprint density at radius 3 is 2.50 bits per heavy atom. The number of aromatic nitrogens is 1. The van der Waals surface area contributed by atoms with Crippen molar-refractivity contribution in [2.24, 2.45) is 0 Å². The second kappa shape index (κ2) is 11.1. The van der Waals surface area contributed by atoms with Crippen LogP contribution in [0.3, 0.4) is 0 Å². The van der Waals surface area contributed by atoms with Gasteiger partial charge < -0.3 is 14.7 Å². The second-order valence-electron chi connectivity index (χ2n) is 10.0. The van der Waals surface area contributed by atoms with E-state index in [1.165, 1.54) is 12.1 Å². The molecule has 3 aromatic rings. The number of nitrogens with zero attached hydrogens (tertiary/aromatic N) is 4. The van der Waals surface area contributed by atoms with Crippen LogP contribution in [0.15, 0.2) is 60.9 Å². The van der Waals surface area contributed by atoms with Crippen LogP contribution >= 0.6 is 11.6 Å². The summed E-state index contributed by atoms with van der Waals surface area (Å²) in [6.07, 6.45) is 6.97. The van der Waals surface area contributed by atoms with Crippen molar-refractivity contribution in [2.75, 3.05) is 31.6 Å². The Labute approximate surface area is 228 Å². The van der Waals surface area contributed by atoms with Crippen LogP contribution in [0.2, 0.25) is 5.02 Å². The third-order valence-electron chi connectivity index (χ3n) is 7.96. The van der Waals surface area contributed by atoms with Crippen LogP contribution in [0.1, 0.15) is 64.1 Å². The van der Waals surface area contributed by atoms with Gasteiger partial charge in [-0.05, 0) is 80.1 Å². The Balaban J connectivity index is 1.31. The molecule has 38 heavy (non-hydrogen) atoms. The molecule has 0 radical (unpaired) electrons. The summed E-state index contributed by atoms with van der Waals surface area (Å²) in [5.41, 5.74) is 4.07. The van der Waals surface area contributed by atoms with Gasteiger partial charge in [0.2, 0.25) is 0 Å². The van der Waals surface area contributed by atoms with Crippen molar-refractivity contribution in [3.05, 3.63) is 94.0 Å². The molecule has 8 heteroatoms. The van der Waals surface area contributed by atoms with E-state index in [2.05, 4.69) is 9.88 Å². The fraction of sp³-hybridized carbons (Fsp3) is 0.367. The molecule has 0 saturated carbocycles. The molecule has 2 aromatic carbocycles. The van der Waals surface area contributed by atoms with Gasteiger partial charge in [0.25, 0.3) is 11.8 Å². The maximum atomic E-state index is 14.1. The highest BCUT2D eigenvalue weighted by molar-refractivity contribution is 6.34. The number of pyridine rings is 1. The highest BCUT2D eigenvalue weighted by Crippen LogP contribution is 2.38. The van der Waals surface area contributed by atoms with E-state index in [0.717, 1.165) is 55.6 Å². The fourth-order valence-electron chi connectivity index (χ4n) is 5.80. The molecule has 1 aliphatic heterocycles. The van der Waals surface area contributed by atoms with E-state index >= 15 is 0 Å². The largest absolute Gasteiger partial charge is 0.371 e. The summed E-state index contributed by atoms with van der Waals surface area (Å²) in [5, 5.41) is -0.158. The third kappa shape index (κ3) is 4.99. The zero-order valence-electron chi connectivity index (χ0n) is 21.7. The van der Waals surface area contributed by atoms with Gasteiger partial charge in [-0.2, -0.15) is 0 Å². The van der Waals surface area contributed by atoms with E-state index in [9.17, 15) is 14.0 Å². The SMILES string of the molecule is CCN(C(=O)c1cccc(F)c1Cl)[C@@H]1CCc2ccc(C(=O)N(C)C3CCN(c4ccncc4)CC3)cc21. The van der Waals surface area contributed by atoms with Gasteiger partial charge in [0.1, 0.15) is 5.82 Å². The normalized spacial score (nSPS) is 17.3. The Morgan fingerprint density at radius 2 is 1.79 bits per heavy atom. The van der Waals surface area contributed by atoms with Crippen molar-refractivity contribution < 1.29 is 14.0 Å². The number of rotatable bonds is 6. The van der Waals surface area contributed by atoms with Crippen LogP contribution in [0.25, 0.3) is 0 Å². The summed E-state index contributed by atoms with van der Waals surface area (Å²) in [7, 11) is 1.88. The lowest BCUT2D eigenvalue weighted by Crippen LogP contribution is -2.45. The van der Waals surface area contributed by atoms with Crippen molar-refractivity contribution >= 4 is 29.1 Å². The number of amides is 2. The molecule has 1 aliphatic carbocycles. The van der Waals surface area contributed by atoms with Gasteiger partial charge in [-0.15, -0.1) is 0 Å². The van der Waals surface area contributed by atoms with Gasteiger partial charge in [-0.1, -0.05) is 23.7 Å². The van der Waals surface area contributed by atoms with Crippen LogP contribution in [0.4, 0.5) is 10.1 Å². The number of halogens is 2. The molecule has 2 aliphatic rings. The first-order valence-corrected chi connectivity index (χ1v) is 13.6. The van der Waals surface area contributed by atoms with Crippen LogP contribution in [-0.2, 0) is 6.42 Å². The Kier molecular flexibility index (Phi) is 7.65. The van der Waals surface area contributed by atoms with E-state index in [-0.39, 0.29) is 34.5 Å². The van der Waals surface area contributed by atoms with E-state index in [4.69, 9.17) is 11.6 Å². The summed E-state index contributed by atoms with van der Waals surface area (Å²) in [5.74, 6) is -0.920. The highest BCUT2D eigenvalue weighted by Gasteiger charge is 2.33. The third-order valence-corrected chi connectivity index (χ3v) is 8.34. The quantitative estimate of drug-likeness (QED) is 0.403. The van der Waals surface area contributed by atoms with Crippen LogP contribution in [-0.4, -0.2) is 59.3 Å². The molecule has 1 atom stereocenters. The van der Waals surface area contributed by atoms with E-state index < -0.39 is 5.82 Å². The average Bonchev–Trinajstić information content (AvgIpc) is 3.37. The molecular weight excluding hydrogens is 503 g/mol. The zero-order chi connectivity index (χ0) is 26.8. The first-order valence-electron chi connectivity index (χ1n) is 13.2. The Hall–Kier alpha value is -3.45. The van der Waals surface area contributed by atoms with Crippen molar-refractivity contribution in [3.8, 4) is 0 Å². The van der Waals surface area contributed by atoms with Gasteiger partial charge in [0.05, 0.1) is 16.6 Å². The molecule has 1 aromatic heterocycles. The minimum absolute atomic E-state index is 0.0108. The molecule has 0 unspecified atom stereocenters. The molecule has 198 valence electrons. The molecular formula is C30H32ClFN4O2. The zero-order valence-corrected chi connectivity index (χ0v) is 22.5. The molecule has 5 rings (SSSR count). The number of aryl methyl sites for hydroxylation is 1. The van der Waals surface area contributed by atoms with Crippen LogP contribution < -0.4 is 4.90 Å². The molecule has 1 fully saturated rings. The molecule has 0 bridgehead atoms. The summed E-state index contributed by atoms with van der Waals surface area (Å²) in [4.78, 5) is 37.0. The molecule has 0 N–H and O–H groups in total. The standard InChI is InChI=1S/C30H32ClFN4O2/c1-3-36(30(38)24-5-4-6-26(32)28(24)31)27-10-9-20-7-8-21(19-25(20)27)29(37)34(2)22-13-17-35(18-14-22)23-11-15-33-16-12-23/h4-8,11-12,15-16,19,22,27H,3,9-10,13-14,17-18H2,1-2H3/t27-/m1/s1. The van der Waals surface area contributed by atoms with E-state index in [1.54, 1.807) is 23.4 Å². The molecule has 2 amide bonds. The minimum Gasteiger partial charge on any atom is -0.371 e. The van der Waals surface area contributed by atoms with Crippen LogP contribution in [0.5, 0.6) is 0 Å². The number of piperidine rings is 1. The van der Waals surface area contributed by atoms with Crippen molar-refractivity contribution in [3.63, 3.8) is 0 Å². The predicted octanol–water partition coefficient (Wildman–Crippen LogP) is 5.76. The monoisotopic (exact) mass is 534 g/mol. The van der Waals surface area contributed by atoms with Gasteiger partial charge in [0.15, 0.2) is 0 Å². The first kappa shape index (κ1) is 26.2. The number of hydrogen-bond acceptors (Lipinski definition) is 4. The topological polar surface area (TPSA) is 56.8 Å². The van der Waals surface area contributed by atoms with Crippen molar-refractivity contribution in [1.29, 1.82) is 0 Å². The highest BCUT2D eigenvalue weighted by atomic mass is 35.5. The first-order chi connectivity index (χ1) is 18.4. The summed E-state index contributed by atoms with van der Waals surface area (Å²) < 4.78 is 14.1. The minimum atomic E-state index is -0.608. The second-order valence-corrected chi connectivity index (χ2v) is 10.4. The predicted molar refractivity (Wildman–Crippen MR) is 147 cm³/mol. The molecule has 1 saturated heterocycles. The van der Waals surface area contributed by atoms with Gasteiger partial charge in [-0.3, -0.25) is 14.6 Å². The van der Waals surface area contributed by atoms with Gasteiger partial charge in [-0.25, -0.2) is 4.39 Å². The Morgan fingerprint density at radius 1 is 1.05 bits per heavy atom. The smallest absolute Gasteiger partial charge is 0.255 e. The lowest BCUT2D eigenvalue weighted by atomic mass is 9.99. The number of fused-ring (bicyclic) bond motifs is 1. The van der Waals surface area contributed by atoms with E-state index in [0.29, 0.717) is 12.1 Å². The van der Waals surface area contributed by atoms with E-state index in [1.807, 2.05) is 49.2 Å². The van der Waals surface area contributed by atoms with Crippen molar-refractivity contribution in [2.45, 2.75) is 44.7 Å². The van der Waals surface area contributed by atoms with Crippen molar-refractivity contribution in [1.82, 2.24) is 14.8 Å². The number of anilines is 1. The van der Waals surface area contributed by atoms with Crippen LogP contribution in [0, 0.1) is 5.82 Å².